The summed E-state index contributed by atoms with van der Waals surface area (Å²) >= 11 is 0. The summed E-state index contributed by atoms with van der Waals surface area (Å²) in [5, 5.41) is 6.51. The first-order chi connectivity index (χ1) is 12.3. The molecule has 1 unspecified atom stereocenters. The second-order valence-electron chi connectivity index (χ2n) is 6.23. The highest BCUT2D eigenvalue weighted by Gasteiger charge is 2.13. The Bertz CT molecular complexity index is 664. The van der Waals surface area contributed by atoms with Gasteiger partial charge < -0.3 is 15.4 Å². The minimum atomic E-state index is -3.40. The van der Waals surface area contributed by atoms with Crippen LogP contribution in [-0.2, 0) is 21.3 Å². The van der Waals surface area contributed by atoms with Gasteiger partial charge in [-0.1, -0.05) is 26.0 Å². The number of ether oxygens (including phenoxy) is 1. The summed E-state index contributed by atoms with van der Waals surface area (Å²) in [7, 11) is -0.280. The molecule has 0 aliphatic rings. The smallest absolute Gasteiger partial charge is 0.240 e. The highest BCUT2D eigenvalue weighted by Crippen LogP contribution is 2.11. The predicted octanol–water partition coefficient (Wildman–Crippen LogP) is 2.33. The zero-order valence-electron chi connectivity index (χ0n) is 16.8. The summed E-state index contributed by atoms with van der Waals surface area (Å²) in [5.41, 5.74) is 0.970. The van der Waals surface area contributed by atoms with E-state index in [0.29, 0.717) is 18.4 Å². The predicted molar refractivity (Wildman–Crippen MR) is 121 cm³/mol. The monoisotopic (exact) mass is 512 g/mol. The van der Waals surface area contributed by atoms with Crippen LogP contribution in [0, 0.1) is 5.92 Å². The second kappa shape index (κ2) is 13.3. The molecule has 0 fully saturated rings. The van der Waals surface area contributed by atoms with Crippen molar-refractivity contribution >= 4 is 40.0 Å². The van der Waals surface area contributed by atoms with Gasteiger partial charge in [-0.3, -0.25) is 4.99 Å². The van der Waals surface area contributed by atoms with E-state index < -0.39 is 10.0 Å². The number of halogens is 1. The number of nitrogens with one attached hydrogen (secondary N) is 3. The van der Waals surface area contributed by atoms with E-state index in [2.05, 4.69) is 34.2 Å². The van der Waals surface area contributed by atoms with Gasteiger partial charge in [-0.2, -0.15) is 0 Å². The topological polar surface area (TPSA) is 91.8 Å². The molecule has 1 atom stereocenters. The fraction of sp³-hybridized carbons (Fsp3) is 0.611. The van der Waals surface area contributed by atoms with Crippen molar-refractivity contribution in [3.63, 3.8) is 0 Å². The highest BCUT2D eigenvalue weighted by molar-refractivity contribution is 14.0. The maximum absolute atomic E-state index is 11.7. The minimum Gasteiger partial charge on any atom is -0.378 e. The van der Waals surface area contributed by atoms with Crippen molar-refractivity contribution in [2.75, 3.05) is 27.2 Å². The molecule has 0 spiro atoms. The van der Waals surface area contributed by atoms with Gasteiger partial charge in [-0.05, 0) is 44.0 Å². The molecule has 1 rings (SSSR count). The molecule has 0 heterocycles. The lowest BCUT2D eigenvalue weighted by atomic mass is 10.0. The van der Waals surface area contributed by atoms with Crippen LogP contribution >= 0.6 is 24.0 Å². The Hall–Kier alpha value is -0.910. The van der Waals surface area contributed by atoms with Crippen LogP contribution in [0.1, 0.15) is 32.8 Å². The van der Waals surface area contributed by atoms with E-state index in [1.54, 1.807) is 31.3 Å². The van der Waals surface area contributed by atoms with E-state index in [1.807, 2.05) is 6.92 Å². The number of sulfonamides is 1. The Morgan fingerprint density at radius 2 is 1.81 bits per heavy atom. The average Bonchev–Trinajstić information content (AvgIpc) is 2.63. The molecule has 0 saturated carbocycles. The van der Waals surface area contributed by atoms with Gasteiger partial charge in [0.05, 0.1) is 11.0 Å². The van der Waals surface area contributed by atoms with E-state index in [0.717, 1.165) is 25.1 Å². The van der Waals surface area contributed by atoms with Crippen molar-refractivity contribution in [1.82, 2.24) is 15.4 Å². The summed E-state index contributed by atoms with van der Waals surface area (Å²) in [6.45, 7) is 8.36. The fourth-order valence-corrected chi connectivity index (χ4v) is 3.20. The first-order valence-electron chi connectivity index (χ1n) is 8.92. The molecule has 0 bridgehead atoms. The molecule has 0 amide bonds. The lowest BCUT2D eigenvalue weighted by Crippen LogP contribution is -2.38. The Morgan fingerprint density at radius 1 is 1.19 bits per heavy atom. The van der Waals surface area contributed by atoms with Crippen LogP contribution in [0.4, 0.5) is 0 Å². The van der Waals surface area contributed by atoms with Gasteiger partial charge >= 0.3 is 0 Å². The maximum Gasteiger partial charge on any atom is 0.240 e. The van der Waals surface area contributed by atoms with Crippen molar-refractivity contribution < 1.29 is 13.2 Å². The third-order valence-electron chi connectivity index (χ3n) is 4.03. The summed E-state index contributed by atoms with van der Waals surface area (Å²) in [6.07, 6.45) is 1.13. The summed E-state index contributed by atoms with van der Waals surface area (Å²) in [5.74, 6) is 1.18. The fourth-order valence-electron chi connectivity index (χ4n) is 2.47. The molecule has 0 aliphatic carbocycles. The van der Waals surface area contributed by atoms with Crippen LogP contribution in [0.2, 0.25) is 0 Å². The molecule has 7 nitrogen and oxygen atoms in total. The van der Waals surface area contributed by atoms with Crippen molar-refractivity contribution in [2.45, 2.75) is 44.7 Å². The Labute approximate surface area is 180 Å². The van der Waals surface area contributed by atoms with E-state index >= 15 is 0 Å². The normalized spacial score (nSPS) is 13.2. The lowest BCUT2D eigenvalue weighted by Gasteiger charge is -2.21. The molecule has 27 heavy (non-hydrogen) atoms. The molecule has 0 aliphatic heterocycles. The maximum atomic E-state index is 11.7. The van der Waals surface area contributed by atoms with Gasteiger partial charge in [0.2, 0.25) is 10.0 Å². The lowest BCUT2D eigenvalue weighted by molar-refractivity contribution is 0.0258. The summed E-state index contributed by atoms with van der Waals surface area (Å²) in [6, 6.07) is 6.76. The molecule has 0 radical (unpaired) electrons. The van der Waals surface area contributed by atoms with Gasteiger partial charge in [0.1, 0.15) is 0 Å². The molecular formula is C18H33IN4O3S. The molecule has 1 aromatic rings. The van der Waals surface area contributed by atoms with Gasteiger partial charge in [-0.25, -0.2) is 13.1 Å². The summed E-state index contributed by atoms with van der Waals surface area (Å²) in [4.78, 5) is 4.46. The molecule has 9 heteroatoms. The van der Waals surface area contributed by atoms with Crippen molar-refractivity contribution in [1.29, 1.82) is 0 Å². The Morgan fingerprint density at radius 3 is 2.30 bits per heavy atom. The average molecular weight is 512 g/mol. The van der Waals surface area contributed by atoms with E-state index in [4.69, 9.17) is 4.74 Å². The van der Waals surface area contributed by atoms with Gasteiger partial charge in [-0.15, -0.1) is 24.0 Å². The Balaban J connectivity index is 0.00000676. The first kappa shape index (κ1) is 26.1. The zero-order chi connectivity index (χ0) is 19.6. The van der Waals surface area contributed by atoms with Gasteiger partial charge in [0, 0.05) is 26.7 Å². The molecule has 156 valence electrons. The second-order valence-corrected chi connectivity index (χ2v) is 8.12. The largest absolute Gasteiger partial charge is 0.378 e. The van der Waals surface area contributed by atoms with Gasteiger partial charge in [0.25, 0.3) is 0 Å². The third-order valence-corrected chi connectivity index (χ3v) is 5.46. The van der Waals surface area contributed by atoms with Crippen LogP contribution in [0.15, 0.2) is 34.2 Å². The van der Waals surface area contributed by atoms with Gasteiger partial charge in [0.15, 0.2) is 5.96 Å². The van der Waals surface area contributed by atoms with Crippen LogP contribution in [0.5, 0.6) is 0 Å². The number of nitrogens with zero attached hydrogens (tertiary/aromatic N) is 1. The van der Waals surface area contributed by atoms with Crippen molar-refractivity contribution in [3.05, 3.63) is 29.8 Å². The summed E-state index contributed by atoms with van der Waals surface area (Å²) < 4.78 is 31.5. The highest BCUT2D eigenvalue weighted by atomic mass is 127. The zero-order valence-corrected chi connectivity index (χ0v) is 19.9. The molecule has 3 N–H and O–H groups in total. The number of hydrogen-bond acceptors (Lipinski definition) is 4. The van der Waals surface area contributed by atoms with Crippen LogP contribution in [0.25, 0.3) is 0 Å². The van der Waals surface area contributed by atoms with E-state index in [1.165, 1.54) is 7.05 Å². The van der Waals surface area contributed by atoms with Crippen LogP contribution < -0.4 is 15.4 Å². The molecular weight excluding hydrogens is 479 g/mol. The first-order valence-corrected chi connectivity index (χ1v) is 10.4. The number of aliphatic imine (C=N–C) groups is 1. The van der Waals surface area contributed by atoms with Crippen LogP contribution in [-0.4, -0.2) is 47.7 Å². The minimum absolute atomic E-state index is 0. The quantitative estimate of drug-likeness (QED) is 0.254. The Kier molecular flexibility index (Phi) is 12.8. The van der Waals surface area contributed by atoms with Crippen molar-refractivity contribution in [2.24, 2.45) is 10.9 Å². The molecule has 0 saturated heterocycles. The number of hydrogen-bond donors (Lipinski definition) is 3. The van der Waals surface area contributed by atoms with E-state index in [9.17, 15) is 8.42 Å². The molecule has 1 aromatic carbocycles. The number of rotatable bonds is 10. The van der Waals surface area contributed by atoms with Crippen LogP contribution in [0.3, 0.4) is 0 Å². The number of benzene rings is 1. The SMILES string of the molecule is CCOC(CCNC(=NC)NCc1ccc(S(=O)(=O)NC)cc1)C(C)C.I. The standard InChI is InChI=1S/C18H32N4O3S.HI/c1-6-25-17(14(2)3)11-12-21-18(19-4)22-13-15-7-9-16(10-8-15)26(23,24)20-5;/h7-10,14,17,20H,6,11-13H2,1-5H3,(H2,19,21,22);1H. The third kappa shape index (κ3) is 9.22. The van der Waals surface area contributed by atoms with Crippen molar-refractivity contribution in [3.8, 4) is 0 Å². The van der Waals surface area contributed by atoms with E-state index in [-0.39, 0.29) is 35.0 Å². The number of guanidine groups is 1. The molecule has 0 aromatic heterocycles.